The Kier molecular flexibility index (Phi) is 5.23. The molecule has 0 spiro atoms. The second-order valence-electron chi connectivity index (χ2n) is 5.49. The number of hydrazine groups is 1. The molecule has 0 fully saturated rings. The molecule has 0 atom stereocenters. The van der Waals surface area contributed by atoms with Crippen LogP contribution in [0.5, 0.6) is 0 Å². The molecular formula is C17H10ClF5N4O. The first-order valence-electron chi connectivity index (χ1n) is 7.58. The molecular weight excluding hydrogens is 407 g/mol. The van der Waals surface area contributed by atoms with Crippen molar-refractivity contribution in [2.45, 2.75) is 6.18 Å². The zero-order valence-corrected chi connectivity index (χ0v) is 14.4. The fourth-order valence-corrected chi connectivity index (χ4v) is 2.55. The van der Waals surface area contributed by atoms with E-state index in [-0.39, 0.29) is 22.2 Å². The fourth-order valence-electron chi connectivity index (χ4n) is 2.29. The van der Waals surface area contributed by atoms with Crippen LogP contribution in [-0.4, -0.2) is 15.5 Å². The lowest BCUT2D eigenvalue weighted by Crippen LogP contribution is -2.31. The van der Waals surface area contributed by atoms with Gasteiger partial charge >= 0.3 is 6.18 Å². The number of aromatic nitrogens is 2. The molecule has 28 heavy (non-hydrogen) atoms. The maximum atomic E-state index is 13.6. The molecule has 146 valence electrons. The number of benzene rings is 1. The van der Waals surface area contributed by atoms with Crippen LogP contribution < -0.4 is 10.9 Å². The quantitative estimate of drug-likeness (QED) is 0.483. The Bertz CT molecular complexity index is 1030. The lowest BCUT2D eigenvalue weighted by molar-refractivity contribution is -0.137. The number of rotatable bonds is 4. The number of hydrogen-bond acceptors (Lipinski definition) is 3. The Hall–Kier alpha value is -3.14. The first kappa shape index (κ1) is 19.6. The SMILES string of the molecule is O=C(NNc1ccc(F)cc1F)c1cccn1-c1ncc(C(F)(F)F)cc1Cl. The van der Waals surface area contributed by atoms with E-state index >= 15 is 0 Å². The molecule has 0 radical (unpaired) electrons. The second kappa shape index (κ2) is 7.47. The van der Waals surface area contributed by atoms with Gasteiger partial charge in [0.05, 0.1) is 16.3 Å². The van der Waals surface area contributed by atoms with Crippen molar-refractivity contribution in [2.24, 2.45) is 0 Å². The van der Waals surface area contributed by atoms with Crippen LogP contribution in [0.4, 0.5) is 27.6 Å². The summed E-state index contributed by atoms with van der Waals surface area (Å²) in [7, 11) is 0. The van der Waals surface area contributed by atoms with E-state index in [0.29, 0.717) is 18.3 Å². The lowest BCUT2D eigenvalue weighted by atomic mass is 10.2. The summed E-state index contributed by atoms with van der Waals surface area (Å²) in [6.07, 6.45) is -2.65. The third-order valence-corrected chi connectivity index (χ3v) is 3.88. The molecule has 0 bridgehead atoms. The van der Waals surface area contributed by atoms with E-state index in [2.05, 4.69) is 15.8 Å². The largest absolute Gasteiger partial charge is 0.417 e. The van der Waals surface area contributed by atoms with Gasteiger partial charge in [-0.3, -0.25) is 20.2 Å². The first-order valence-corrected chi connectivity index (χ1v) is 7.96. The third kappa shape index (κ3) is 4.06. The van der Waals surface area contributed by atoms with E-state index in [1.807, 2.05) is 0 Å². The number of amides is 1. The monoisotopic (exact) mass is 416 g/mol. The number of pyridine rings is 1. The molecule has 0 unspecified atom stereocenters. The number of halogens is 6. The van der Waals surface area contributed by atoms with Gasteiger partial charge in [-0.1, -0.05) is 11.6 Å². The number of carbonyl (C=O) groups is 1. The Morgan fingerprint density at radius 3 is 2.54 bits per heavy atom. The minimum absolute atomic E-state index is 0.0378. The summed E-state index contributed by atoms with van der Waals surface area (Å²) in [4.78, 5) is 16.0. The molecule has 0 aliphatic rings. The van der Waals surface area contributed by atoms with E-state index in [4.69, 9.17) is 11.6 Å². The first-order chi connectivity index (χ1) is 13.2. The highest BCUT2D eigenvalue weighted by molar-refractivity contribution is 6.32. The van der Waals surface area contributed by atoms with Gasteiger partial charge in [-0.25, -0.2) is 13.8 Å². The second-order valence-corrected chi connectivity index (χ2v) is 5.90. The third-order valence-electron chi connectivity index (χ3n) is 3.60. The predicted molar refractivity (Wildman–Crippen MR) is 91.0 cm³/mol. The van der Waals surface area contributed by atoms with Gasteiger partial charge in [0.1, 0.15) is 11.5 Å². The lowest BCUT2D eigenvalue weighted by Gasteiger charge is -2.13. The molecule has 2 N–H and O–H groups in total. The molecule has 3 rings (SSSR count). The number of anilines is 1. The van der Waals surface area contributed by atoms with Crippen LogP contribution >= 0.6 is 11.6 Å². The minimum Gasteiger partial charge on any atom is -0.295 e. The van der Waals surface area contributed by atoms with E-state index in [0.717, 1.165) is 12.1 Å². The molecule has 0 aliphatic carbocycles. The van der Waals surface area contributed by atoms with Gasteiger partial charge in [0.2, 0.25) is 0 Å². The fraction of sp³-hybridized carbons (Fsp3) is 0.0588. The summed E-state index contributed by atoms with van der Waals surface area (Å²) in [6, 6.07) is 6.20. The van der Waals surface area contributed by atoms with Crippen molar-refractivity contribution in [3.63, 3.8) is 0 Å². The Balaban J connectivity index is 1.82. The Morgan fingerprint density at radius 1 is 1.14 bits per heavy atom. The van der Waals surface area contributed by atoms with Gasteiger partial charge < -0.3 is 0 Å². The summed E-state index contributed by atoms with van der Waals surface area (Å²) >= 11 is 5.90. The van der Waals surface area contributed by atoms with Crippen molar-refractivity contribution < 1.29 is 26.7 Å². The number of nitrogens with zero attached hydrogens (tertiary/aromatic N) is 2. The molecule has 3 aromatic rings. The smallest absolute Gasteiger partial charge is 0.295 e. The Morgan fingerprint density at radius 2 is 1.89 bits per heavy atom. The molecule has 0 saturated carbocycles. The predicted octanol–water partition coefficient (Wildman–Crippen LogP) is 4.58. The zero-order valence-electron chi connectivity index (χ0n) is 13.7. The van der Waals surface area contributed by atoms with Crippen molar-refractivity contribution in [3.8, 4) is 5.82 Å². The molecule has 0 aliphatic heterocycles. The van der Waals surface area contributed by atoms with Crippen molar-refractivity contribution in [1.82, 2.24) is 15.0 Å². The van der Waals surface area contributed by atoms with Gasteiger partial charge in [-0.2, -0.15) is 13.2 Å². The van der Waals surface area contributed by atoms with Gasteiger partial charge in [0.25, 0.3) is 5.91 Å². The number of nitrogens with one attached hydrogen (secondary N) is 2. The van der Waals surface area contributed by atoms with Crippen molar-refractivity contribution >= 4 is 23.2 Å². The maximum absolute atomic E-state index is 13.6. The minimum atomic E-state index is -4.62. The highest BCUT2D eigenvalue weighted by atomic mass is 35.5. The average Bonchev–Trinajstić information content (AvgIpc) is 3.09. The molecule has 2 aromatic heterocycles. The summed E-state index contributed by atoms with van der Waals surface area (Å²) in [5, 5.41) is -0.322. The van der Waals surface area contributed by atoms with Crippen LogP contribution in [0.1, 0.15) is 16.1 Å². The molecule has 1 amide bonds. The summed E-state index contributed by atoms with van der Waals surface area (Å²) in [6.45, 7) is 0. The summed E-state index contributed by atoms with van der Waals surface area (Å²) in [5.74, 6) is -2.57. The number of carbonyl (C=O) groups excluding carboxylic acids is 1. The molecule has 1 aromatic carbocycles. The van der Waals surface area contributed by atoms with Crippen LogP contribution in [0.3, 0.4) is 0 Å². The molecule has 0 saturated heterocycles. The van der Waals surface area contributed by atoms with Crippen LogP contribution in [-0.2, 0) is 6.18 Å². The van der Waals surface area contributed by atoms with Crippen molar-refractivity contribution in [2.75, 3.05) is 5.43 Å². The van der Waals surface area contributed by atoms with E-state index in [9.17, 15) is 26.7 Å². The van der Waals surface area contributed by atoms with E-state index in [1.165, 1.54) is 22.9 Å². The van der Waals surface area contributed by atoms with Crippen molar-refractivity contribution in [3.05, 3.63) is 76.7 Å². The summed E-state index contributed by atoms with van der Waals surface area (Å²) < 4.78 is 65.9. The highest BCUT2D eigenvalue weighted by Crippen LogP contribution is 2.32. The zero-order chi connectivity index (χ0) is 20.5. The standard InChI is InChI=1S/C17H10ClF5N4O/c18-11-6-9(17(21,22)23)8-24-15(11)27-5-1-2-14(27)16(28)26-25-13-4-3-10(19)7-12(13)20/h1-8,25H,(H,26,28). The van der Waals surface area contributed by atoms with Crippen LogP contribution in [0.25, 0.3) is 5.82 Å². The topological polar surface area (TPSA) is 59.0 Å². The Labute approximate surface area is 159 Å². The van der Waals surface area contributed by atoms with Crippen LogP contribution in [0.2, 0.25) is 5.02 Å². The van der Waals surface area contributed by atoms with Gasteiger partial charge in [0.15, 0.2) is 11.6 Å². The average molecular weight is 417 g/mol. The highest BCUT2D eigenvalue weighted by Gasteiger charge is 2.32. The van der Waals surface area contributed by atoms with Crippen molar-refractivity contribution in [1.29, 1.82) is 0 Å². The summed E-state index contributed by atoms with van der Waals surface area (Å²) in [5.41, 5.74) is 3.24. The van der Waals surface area contributed by atoms with E-state index in [1.54, 1.807) is 0 Å². The molecule has 5 nitrogen and oxygen atoms in total. The van der Waals surface area contributed by atoms with Crippen LogP contribution in [0, 0.1) is 11.6 Å². The van der Waals surface area contributed by atoms with Gasteiger partial charge in [-0.15, -0.1) is 0 Å². The molecule has 2 heterocycles. The normalized spacial score (nSPS) is 11.4. The van der Waals surface area contributed by atoms with E-state index < -0.39 is 29.3 Å². The van der Waals surface area contributed by atoms with Gasteiger partial charge in [0, 0.05) is 18.5 Å². The maximum Gasteiger partial charge on any atom is 0.417 e. The van der Waals surface area contributed by atoms with Crippen LogP contribution in [0.15, 0.2) is 48.8 Å². The number of alkyl halides is 3. The molecule has 11 heteroatoms. The number of hydrogen-bond donors (Lipinski definition) is 2. The van der Waals surface area contributed by atoms with Gasteiger partial charge in [-0.05, 0) is 30.3 Å².